The van der Waals surface area contributed by atoms with Crippen LogP contribution in [0.25, 0.3) is 0 Å². The Hall–Kier alpha value is -2.42. The van der Waals surface area contributed by atoms with Crippen molar-refractivity contribution in [3.05, 3.63) is 46.1 Å². The number of rotatable bonds is 3. The van der Waals surface area contributed by atoms with Gasteiger partial charge in [0.1, 0.15) is 10.6 Å². The van der Waals surface area contributed by atoms with Gasteiger partial charge in [-0.3, -0.25) is 14.7 Å². The molecule has 0 spiro atoms. The lowest BCUT2D eigenvalue weighted by atomic mass is 9.94. The number of sulfone groups is 1. The number of carbonyl (C=O) groups is 1. The summed E-state index contributed by atoms with van der Waals surface area (Å²) in [5.74, 6) is -0.400. The zero-order chi connectivity index (χ0) is 17.3. The van der Waals surface area contributed by atoms with E-state index in [9.17, 15) is 18.0 Å². The molecule has 2 N–H and O–H groups in total. The highest BCUT2D eigenvalue weighted by Crippen LogP contribution is 2.30. The van der Waals surface area contributed by atoms with Gasteiger partial charge in [-0.25, -0.2) is 8.42 Å². The molecule has 1 amide bonds. The van der Waals surface area contributed by atoms with Crippen molar-refractivity contribution in [3.63, 3.8) is 0 Å². The molecule has 9 heteroatoms. The molecule has 1 fully saturated rings. The molecule has 1 saturated heterocycles. The van der Waals surface area contributed by atoms with Crippen LogP contribution in [0.4, 0.5) is 0 Å². The molecule has 0 aromatic carbocycles. The first-order valence-corrected chi connectivity index (χ1v) is 9.47. The van der Waals surface area contributed by atoms with Crippen molar-refractivity contribution in [2.24, 2.45) is 0 Å². The van der Waals surface area contributed by atoms with Gasteiger partial charge in [-0.15, -0.1) is 0 Å². The maximum Gasteiger partial charge on any atom is 0.270 e. The molecule has 0 unspecified atom stereocenters. The molecule has 1 atom stereocenters. The van der Waals surface area contributed by atoms with Crippen LogP contribution in [-0.2, 0) is 9.84 Å². The number of nitrogens with zero attached hydrogens (tertiary/aromatic N) is 2. The molecule has 1 aliphatic rings. The fraction of sp³-hybridized carbons (Fsp3) is 0.400. The van der Waals surface area contributed by atoms with Gasteiger partial charge in [-0.05, 0) is 18.9 Å². The number of amides is 1. The molecule has 0 saturated carbocycles. The summed E-state index contributed by atoms with van der Waals surface area (Å²) < 4.78 is 23.7. The van der Waals surface area contributed by atoms with Gasteiger partial charge >= 0.3 is 0 Å². The molecular formula is C15H18N4O4S. The summed E-state index contributed by atoms with van der Waals surface area (Å²) in [5.41, 5.74) is 0.440. The lowest BCUT2D eigenvalue weighted by molar-refractivity contribution is 0.0699. The van der Waals surface area contributed by atoms with Crippen molar-refractivity contribution in [2.75, 3.05) is 19.3 Å². The lowest BCUT2D eigenvalue weighted by Crippen LogP contribution is -2.40. The Kier molecular flexibility index (Phi) is 4.27. The van der Waals surface area contributed by atoms with Crippen LogP contribution in [-0.4, -0.2) is 53.8 Å². The van der Waals surface area contributed by atoms with Crippen LogP contribution in [0.5, 0.6) is 0 Å². The van der Waals surface area contributed by atoms with Gasteiger partial charge in [-0.1, -0.05) is 6.07 Å². The predicted molar refractivity (Wildman–Crippen MR) is 86.6 cm³/mol. The number of hydrogen-bond donors (Lipinski definition) is 2. The van der Waals surface area contributed by atoms with Gasteiger partial charge in [0, 0.05) is 31.3 Å². The van der Waals surface area contributed by atoms with Crippen LogP contribution in [0.15, 0.2) is 34.1 Å². The van der Waals surface area contributed by atoms with Crippen molar-refractivity contribution in [2.45, 2.75) is 23.7 Å². The second-order valence-electron chi connectivity index (χ2n) is 5.94. The van der Waals surface area contributed by atoms with E-state index in [0.29, 0.717) is 18.8 Å². The number of likely N-dealkylation sites (tertiary alicyclic amines) is 1. The third kappa shape index (κ3) is 3.25. The Morgan fingerprint density at radius 2 is 2.17 bits per heavy atom. The van der Waals surface area contributed by atoms with Crippen LogP contribution in [0.1, 0.15) is 34.9 Å². The maximum absolute atomic E-state index is 12.6. The predicted octanol–water partition coefficient (Wildman–Crippen LogP) is 0.521. The van der Waals surface area contributed by atoms with Gasteiger partial charge in [0.25, 0.3) is 5.91 Å². The summed E-state index contributed by atoms with van der Waals surface area (Å²) in [7, 11) is -3.38. The number of carbonyl (C=O) groups excluding carboxylic acids is 1. The van der Waals surface area contributed by atoms with Crippen LogP contribution >= 0.6 is 0 Å². The quantitative estimate of drug-likeness (QED) is 0.837. The van der Waals surface area contributed by atoms with E-state index in [4.69, 9.17) is 0 Å². The minimum absolute atomic E-state index is 0.134. The third-order valence-corrected chi connectivity index (χ3v) is 5.27. The highest BCUT2D eigenvalue weighted by atomic mass is 32.2. The fourth-order valence-corrected chi connectivity index (χ4v) is 3.87. The van der Waals surface area contributed by atoms with Crippen LogP contribution in [0.3, 0.4) is 0 Å². The first-order chi connectivity index (χ1) is 11.4. The van der Waals surface area contributed by atoms with E-state index < -0.39 is 9.84 Å². The number of nitrogens with one attached hydrogen (secondary N) is 2. The second kappa shape index (κ2) is 6.23. The minimum atomic E-state index is -3.38. The molecule has 0 bridgehead atoms. The molecule has 128 valence electrons. The molecule has 1 aliphatic heterocycles. The SMILES string of the molecule is CS(=O)(=O)c1cn[nH]c1[C@H]1CCCN(C(=O)c2cccc(=O)[nH]2)C1. The molecule has 3 rings (SSSR count). The number of piperidine rings is 1. The van der Waals surface area contributed by atoms with Gasteiger partial charge in [0.15, 0.2) is 9.84 Å². The summed E-state index contributed by atoms with van der Waals surface area (Å²) >= 11 is 0. The first kappa shape index (κ1) is 16.4. The summed E-state index contributed by atoms with van der Waals surface area (Å²) in [6.07, 6.45) is 3.96. The minimum Gasteiger partial charge on any atom is -0.337 e. The Labute approximate surface area is 138 Å². The lowest BCUT2D eigenvalue weighted by Gasteiger charge is -2.32. The van der Waals surface area contributed by atoms with Gasteiger partial charge < -0.3 is 9.88 Å². The molecule has 24 heavy (non-hydrogen) atoms. The van der Waals surface area contributed by atoms with E-state index in [2.05, 4.69) is 15.2 Å². The average molecular weight is 350 g/mol. The van der Waals surface area contributed by atoms with Crippen molar-refractivity contribution in [3.8, 4) is 0 Å². The number of pyridine rings is 1. The number of aromatic amines is 2. The molecule has 2 aromatic heterocycles. The van der Waals surface area contributed by atoms with E-state index >= 15 is 0 Å². The van der Waals surface area contributed by atoms with Crippen molar-refractivity contribution < 1.29 is 13.2 Å². The molecule has 3 heterocycles. The van der Waals surface area contributed by atoms with Gasteiger partial charge in [0.2, 0.25) is 5.56 Å². The van der Waals surface area contributed by atoms with Gasteiger partial charge in [0.05, 0.1) is 11.9 Å². The smallest absolute Gasteiger partial charge is 0.270 e. The van der Waals surface area contributed by atoms with Gasteiger partial charge in [-0.2, -0.15) is 5.10 Å². The first-order valence-electron chi connectivity index (χ1n) is 7.58. The Morgan fingerprint density at radius 1 is 1.38 bits per heavy atom. The largest absolute Gasteiger partial charge is 0.337 e. The number of aromatic nitrogens is 3. The van der Waals surface area contributed by atoms with E-state index in [1.165, 1.54) is 18.3 Å². The van der Waals surface area contributed by atoms with E-state index in [1.807, 2.05) is 0 Å². The highest BCUT2D eigenvalue weighted by molar-refractivity contribution is 7.90. The van der Waals surface area contributed by atoms with E-state index in [-0.39, 0.29) is 28.0 Å². The molecular weight excluding hydrogens is 332 g/mol. The summed E-state index contributed by atoms with van der Waals surface area (Å²) in [6.45, 7) is 0.940. The fourth-order valence-electron chi connectivity index (χ4n) is 3.01. The molecule has 8 nitrogen and oxygen atoms in total. The van der Waals surface area contributed by atoms with E-state index in [1.54, 1.807) is 11.0 Å². The van der Waals surface area contributed by atoms with E-state index in [0.717, 1.165) is 19.1 Å². The zero-order valence-corrected chi connectivity index (χ0v) is 14.0. The van der Waals surface area contributed by atoms with Crippen molar-refractivity contribution >= 4 is 15.7 Å². The normalized spacial score (nSPS) is 18.5. The van der Waals surface area contributed by atoms with Crippen LogP contribution in [0.2, 0.25) is 0 Å². The monoisotopic (exact) mass is 350 g/mol. The zero-order valence-electron chi connectivity index (χ0n) is 13.2. The third-order valence-electron chi connectivity index (χ3n) is 4.15. The Bertz CT molecular complexity index is 915. The summed E-state index contributed by atoms with van der Waals surface area (Å²) in [4.78, 5) is 28.3. The second-order valence-corrected chi connectivity index (χ2v) is 7.92. The van der Waals surface area contributed by atoms with Crippen molar-refractivity contribution in [1.82, 2.24) is 20.1 Å². The van der Waals surface area contributed by atoms with Crippen LogP contribution < -0.4 is 5.56 Å². The average Bonchev–Trinajstić information content (AvgIpc) is 3.04. The summed E-state index contributed by atoms with van der Waals surface area (Å²) in [6, 6.07) is 4.44. The number of H-pyrrole nitrogens is 2. The highest BCUT2D eigenvalue weighted by Gasteiger charge is 2.30. The Morgan fingerprint density at radius 3 is 2.88 bits per heavy atom. The number of hydrogen-bond acceptors (Lipinski definition) is 5. The summed E-state index contributed by atoms with van der Waals surface area (Å²) in [5, 5.41) is 6.61. The maximum atomic E-state index is 12.6. The Balaban J connectivity index is 1.84. The molecule has 0 radical (unpaired) electrons. The molecule has 0 aliphatic carbocycles. The standard InChI is InChI=1S/C15H18N4O4S/c1-24(22,23)12-8-16-18-14(12)10-4-3-7-19(9-10)15(21)11-5-2-6-13(20)17-11/h2,5-6,8,10H,3-4,7,9H2,1H3,(H,16,18)(H,17,20)/t10-/m0/s1. The topological polar surface area (TPSA) is 116 Å². The van der Waals surface area contributed by atoms with Crippen LogP contribution in [0, 0.1) is 0 Å². The van der Waals surface area contributed by atoms with Crippen molar-refractivity contribution in [1.29, 1.82) is 0 Å². The molecule has 2 aromatic rings.